The third kappa shape index (κ3) is 13.3. The van der Waals surface area contributed by atoms with Crippen LogP contribution < -0.4 is 52.2 Å². The van der Waals surface area contributed by atoms with Gasteiger partial charge in [-0.25, -0.2) is 34.6 Å². The second-order valence-electron chi connectivity index (χ2n) is 22.1. The zero-order valence-electron chi connectivity index (χ0n) is 52.3. The van der Waals surface area contributed by atoms with Gasteiger partial charge in [-0.1, -0.05) is 14.4 Å². The Morgan fingerprint density at radius 2 is 0.944 bits per heavy atom. The molecule has 0 bridgehead atoms. The van der Waals surface area contributed by atoms with Gasteiger partial charge in [-0.3, -0.25) is 19.2 Å². The van der Waals surface area contributed by atoms with Crippen LogP contribution in [0.25, 0.3) is 67.5 Å². The van der Waals surface area contributed by atoms with Crippen LogP contribution in [0.2, 0.25) is 0 Å². The highest BCUT2D eigenvalue weighted by Gasteiger charge is 2.50. The first-order valence-corrected chi connectivity index (χ1v) is 29.0. The number of methoxy groups -OCH3 is 9. The molecule has 1 N–H and O–H groups in total. The lowest BCUT2D eigenvalue weighted by atomic mass is 10.1. The molecule has 0 radical (unpaired) electrons. The monoisotopic (exact) mass is 1340 g/mol. The van der Waals surface area contributed by atoms with Gasteiger partial charge in [-0.2, -0.15) is 9.13 Å². The number of H-pyrrole nitrogens is 1. The van der Waals surface area contributed by atoms with Crippen LogP contribution in [-0.4, -0.2) is 145 Å². The molecule has 0 spiro atoms. The number of nitrogens with one attached hydrogen (secondary N) is 1. The van der Waals surface area contributed by atoms with Crippen LogP contribution >= 0.6 is 22.6 Å². The Balaban J connectivity index is 0.000000160. The van der Waals surface area contributed by atoms with Crippen molar-refractivity contribution in [3.05, 3.63) is 77.4 Å². The molecule has 89 heavy (non-hydrogen) atoms. The van der Waals surface area contributed by atoms with E-state index >= 15 is 0 Å². The molecule has 3 fully saturated rings. The van der Waals surface area contributed by atoms with Gasteiger partial charge in [0.25, 0.3) is 29.0 Å². The number of hydrogen-bond acceptors (Lipinski definition) is 19. The number of imidazole rings is 2. The molecule has 472 valence electrons. The van der Waals surface area contributed by atoms with Crippen molar-refractivity contribution >= 4 is 74.1 Å². The van der Waals surface area contributed by atoms with Crippen molar-refractivity contribution in [2.45, 2.75) is 66.7 Å². The number of hydroxylamine groups is 2. The van der Waals surface area contributed by atoms with E-state index in [4.69, 9.17) is 57.4 Å². The van der Waals surface area contributed by atoms with Crippen LogP contribution in [0.1, 0.15) is 76.3 Å². The average Bonchev–Trinajstić information content (AvgIpc) is 1.70. The fourth-order valence-electron chi connectivity index (χ4n) is 9.65. The summed E-state index contributed by atoms with van der Waals surface area (Å²) in [4.78, 5) is 72.3. The van der Waals surface area contributed by atoms with Crippen LogP contribution in [-0.2, 0) is 23.7 Å². The number of ether oxygens (including phenoxy) is 9. The Hall–Kier alpha value is -8.92. The van der Waals surface area contributed by atoms with E-state index in [1.54, 1.807) is 124 Å². The van der Waals surface area contributed by atoms with E-state index in [-0.39, 0.29) is 41.4 Å². The lowest BCUT2D eigenvalue weighted by Gasteiger charge is -2.17. The van der Waals surface area contributed by atoms with E-state index in [0.717, 1.165) is 75.6 Å². The molecule has 0 saturated heterocycles. The Kier molecular flexibility index (Phi) is 19.9. The summed E-state index contributed by atoms with van der Waals surface area (Å²) in [7, 11) is 21.1. The predicted molar refractivity (Wildman–Crippen MR) is 339 cm³/mol. The maximum absolute atomic E-state index is 12.9. The van der Waals surface area contributed by atoms with Crippen LogP contribution in [0.4, 0.5) is 0 Å². The Morgan fingerprint density at radius 3 is 1.35 bits per heavy atom. The highest BCUT2D eigenvalue weighted by molar-refractivity contribution is 14.1. The third-order valence-corrected chi connectivity index (χ3v) is 16.7. The molecule has 0 aliphatic heterocycles. The van der Waals surface area contributed by atoms with E-state index in [1.807, 2.05) is 74.5 Å². The number of amides is 1. The topological polar surface area (TPSA) is 257 Å². The lowest BCUT2D eigenvalue weighted by Crippen LogP contribution is -2.31. The first-order chi connectivity index (χ1) is 42.1. The predicted octanol–water partition coefficient (Wildman–Crippen LogP) is 9.48. The highest BCUT2D eigenvalue weighted by Crippen LogP contribution is 2.49. The number of fused-ring (bicyclic) bond motifs is 3. The van der Waals surface area contributed by atoms with E-state index in [1.165, 1.54) is 12.2 Å². The molecule has 6 heterocycles. The number of aromatic amines is 1. The fraction of sp³-hybridized carbons (Fsp3) is 0.413. The zero-order chi connectivity index (χ0) is 63.6. The highest BCUT2D eigenvalue weighted by atomic mass is 127. The van der Waals surface area contributed by atoms with Gasteiger partial charge in [0, 0.05) is 42.4 Å². The van der Waals surface area contributed by atoms with Crippen molar-refractivity contribution in [3.8, 4) is 85.5 Å². The molecule has 1 amide bonds. The van der Waals surface area contributed by atoms with Gasteiger partial charge in [0.15, 0.2) is 52.8 Å². The summed E-state index contributed by atoms with van der Waals surface area (Å²) in [6.45, 7) is 5.92. The molecule has 3 aromatic carbocycles. The molecule has 25 nitrogen and oxygen atoms in total. The van der Waals surface area contributed by atoms with Gasteiger partial charge in [0.2, 0.25) is 17.2 Å². The average molecular weight is 1340 g/mol. The number of hydrogen-bond donors (Lipinski definition) is 0. The number of benzene rings is 3. The van der Waals surface area contributed by atoms with Crippen molar-refractivity contribution in [2.75, 3.05) is 78.1 Å². The summed E-state index contributed by atoms with van der Waals surface area (Å²) in [6.07, 6.45) is 16.0. The molecule has 3 saturated carbocycles. The van der Waals surface area contributed by atoms with Gasteiger partial charge in [0.05, 0.1) is 104 Å². The molecular formula is C63H77IN12O13+2. The second-order valence-corrected chi connectivity index (χ2v) is 23.3. The van der Waals surface area contributed by atoms with E-state index < -0.39 is 0 Å². The van der Waals surface area contributed by atoms with Gasteiger partial charge in [-0.05, 0) is 111 Å². The smallest absolute Gasteiger partial charge is 0.322 e. The summed E-state index contributed by atoms with van der Waals surface area (Å²) < 4.78 is 56.6. The van der Waals surface area contributed by atoms with E-state index in [2.05, 4.69) is 47.5 Å². The van der Waals surface area contributed by atoms with Gasteiger partial charge in [0.1, 0.15) is 29.3 Å². The number of aryl methyl sites for hydroxylation is 2. The fourth-order valence-corrected chi connectivity index (χ4v) is 10.4. The minimum absolute atomic E-state index is 0. The standard InChI is InChI=1S/C20H23N4O4.C19H20N4O4.C16H16IN3O3.C7H13NO2.CH4/c1-20(6-7-20)19(25)24-11-23(2)17-18(24)22-13(10-21-17)12-8-14(26-3)16(28-5)15(9-12)27-4;1-19(5-6-19)18(24)23-10-21-16-17(23)22-12(9-20-16)11-7-13(25-2)15(27-4)14(8-11)26-3;1-20-8-10(17)14-16(20)18-7-11(19-14)9-5-12(21-2)15(23-4)13(6-9)22-3;1-7(4-5-7)6(9)8(2)10-3;/h8-11H,6-7H2,1-5H3;7-10H,5-6H2,1-4H3;5-8H,1-4H3;4-5H2,1-3H3;1H4/q+1;;;;/p+1. The van der Waals surface area contributed by atoms with Crippen LogP contribution in [0.15, 0.2) is 73.8 Å². The minimum Gasteiger partial charge on any atom is -0.493 e. The normalized spacial score (nSPS) is 14.2. The Bertz CT molecular complexity index is 4040. The number of carbonyl (C=O) groups excluding carboxylic acids is 3. The number of rotatable bonds is 16. The van der Waals surface area contributed by atoms with Crippen molar-refractivity contribution < 1.29 is 71.4 Å². The zero-order valence-corrected chi connectivity index (χ0v) is 54.4. The first kappa shape index (κ1) is 66.0. The summed E-state index contributed by atoms with van der Waals surface area (Å²) in [5, 5.41) is 1.30. The molecule has 6 aromatic heterocycles. The summed E-state index contributed by atoms with van der Waals surface area (Å²) in [5.74, 6) is 5.03. The Morgan fingerprint density at radius 1 is 0.551 bits per heavy atom. The molecule has 26 heteroatoms. The molecule has 3 aliphatic rings. The van der Waals surface area contributed by atoms with Crippen molar-refractivity contribution in [3.63, 3.8) is 0 Å². The molecule has 0 unspecified atom stereocenters. The maximum atomic E-state index is 12.9. The summed E-state index contributed by atoms with van der Waals surface area (Å²) in [5.41, 5.74) is 7.58. The second kappa shape index (κ2) is 26.8. The summed E-state index contributed by atoms with van der Waals surface area (Å²) >= 11 is 2.26. The van der Waals surface area contributed by atoms with Crippen molar-refractivity contribution in [2.24, 2.45) is 30.3 Å². The third-order valence-electron chi connectivity index (χ3n) is 15.9. The van der Waals surface area contributed by atoms with Crippen LogP contribution in [0, 0.1) is 19.8 Å². The van der Waals surface area contributed by atoms with Crippen LogP contribution in [0.5, 0.6) is 51.7 Å². The van der Waals surface area contributed by atoms with Gasteiger partial charge >= 0.3 is 11.3 Å². The van der Waals surface area contributed by atoms with Crippen molar-refractivity contribution in [1.29, 1.82) is 0 Å². The quantitative estimate of drug-likeness (QED) is 0.0495. The van der Waals surface area contributed by atoms with E-state index in [0.29, 0.717) is 85.7 Å². The number of aromatic nitrogens is 11. The number of carbonyl (C=O) groups is 3. The number of nitrogens with zero attached hydrogens (tertiary/aromatic N) is 11. The molecule has 3 aliphatic carbocycles. The number of halogens is 1. The van der Waals surface area contributed by atoms with Gasteiger partial charge in [-0.15, -0.1) is 9.97 Å². The summed E-state index contributed by atoms with van der Waals surface area (Å²) in [6, 6.07) is 11.0. The Labute approximate surface area is 529 Å². The maximum Gasteiger partial charge on any atom is 0.322 e. The molecular weight excluding hydrogens is 1260 g/mol. The van der Waals surface area contributed by atoms with Crippen molar-refractivity contribution in [1.82, 2.24) is 48.7 Å². The minimum atomic E-state index is -0.302. The molecule has 12 rings (SSSR count). The molecule has 0 atom stereocenters. The molecule has 9 aromatic rings. The first-order valence-electron chi connectivity index (χ1n) is 27.9. The lowest BCUT2D eigenvalue weighted by molar-refractivity contribution is -0.647. The van der Waals surface area contributed by atoms with Gasteiger partial charge < -0.3 is 47.2 Å². The van der Waals surface area contributed by atoms with Crippen LogP contribution in [0.3, 0.4) is 0 Å². The van der Waals surface area contributed by atoms with E-state index in [9.17, 15) is 14.4 Å². The largest absolute Gasteiger partial charge is 0.493 e. The SMILES string of the molecule is C.CON(C)C(=O)C1(C)CC1.COc1cc(-c2cnc3[nH+]cn(C(=O)C4(C)CC4)c3n2)cc(OC)c1OC.COc1cc(-c2cnc3c(n2)c(I)cn3C)cc(OC)c1OC.COc1cc(-c2cnc3c(n2)n(C(=O)C2(C)CC2)c[n+]3C)cc(OC)c1OC.